The Morgan fingerprint density at radius 3 is 0.667 bits per heavy atom. The standard InChI is InChI=1S/C2H3N.5CO.F6P.Mn/c1-2-3;5*1-2;1-7(2,3,4,5)6;/h1H3;;;;;;;/q;;;;;;-1;/p+1. The average Bonchev–Trinajstić information content (AvgIpc) is 2.38. The molecule has 6 nitrogen and oxygen atoms in total. The van der Waals surface area contributed by atoms with Crippen LogP contribution in [-0.4, -0.2) is 0 Å². The third-order valence-electron chi connectivity index (χ3n) is 0. The fraction of sp³-hybridized carbons (Fsp3) is 0.143. The molecule has 0 saturated heterocycles. The van der Waals surface area contributed by atoms with E-state index in [2.05, 4.69) is 33.3 Å². The van der Waals surface area contributed by atoms with E-state index < -0.39 is 7.81 Å². The first kappa shape index (κ1) is 50.3. The summed E-state index contributed by atoms with van der Waals surface area (Å²) < 4.78 is 96.7. The maximum atomic E-state index is 9.87. The van der Waals surface area contributed by atoms with Crippen LogP contribution in [-0.2, 0) is 40.3 Å². The summed E-state index contributed by atoms with van der Waals surface area (Å²) in [6, 6.07) is 2.00. The molecule has 1 radical (unpaired) electrons. The Balaban J connectivity index is -0.0000000174. The molecule has 0 amide bonds. The van der Waals surface area contributed by atoms with Crippen LogP contribution in [0.15, 0.2) is 0 Å². The minimum Gasteiger partial charge on any atom is 0 e. The summed E-state index contributed by atoms with van der Waals surface area (Å²) >= 11 is 0. The van der Waals surface area contributed by atoms with Crippen molar-refractivity contribution in [3.05, 3.63) is 33.3 Å². The van der Waals surface area contributed by atoms with E-state index >= 15 is 0 Å². The molecule has 0 aliphatic carbocycles. The zero-order valence-corrected chi connectivity index (χ0v) is 11.7. The second-order valence-corrected chi connectivity index (χ2v) is 3.12. The Bertz CT molecular complexity index is 291. The smallest absolute Gasteiger partial charge is 0 e. The van der Waals surface area contributed by atoms with Crippen molar-refractivity contribution in [3.8, 4) is 6.07 Å². The van der Waals surface area contributed by atoms with Gasteiger partial charge in [0, 0.05) is 17.1 Å². The van der Waals surface area contributed by atoms with E-state index in [0.29, 0.717) is 0 Å². The van der Waals surface area contributed by atoms with Crippen molar-refractivity contribution in [2.75, 3.05) is 0 Å². The molecule has 0 rings (SSSR count). The number of hydrogen-bond acceptors (Lipinski definition) is 0. The van der Waals surface area contributed by atoms with Gasteiger partial charge in [-0.15, -0.1) is 5.26 Å². The molecule has 0 saturated carbocycles. The van der Waals surface area contributed by atoms with E-state index in [1.165, 1.54) is 0 Å². The molecule has 0 heterocycles. The SMILES string of the molecule is CC#[NH+].F[P-](F)(F)(F)(F)F.[C-]#[O+].[C-]#[O+].[C-]#[O+].[C-]#[O+].[C-]#[O+].[Mn]. The molecule has 0 aliphatic rings. The van der Waals surface area contributed by atoms with Gasteiger partial charge in [0.2, 0.25) is 0 Å². The predicted molar refractivity (Wildman–Crippen MR) is 43.7 cm³/mol. The van der Waals surface area contributed by atoms with Gasteiger partial charge in [-0.1, -0.05) is 0 Å². The van der Waals surface area contributed by atoms with Gasteiger partial charge in [-0.05, 0) is 0 Å². The van der Waals surface area contributed by atoms with Crippen LogP contribution in [0.25, 0.3) is 0 Å². The van der Waals surface area contributed by atoms with Crippen LogP contribution in [0.2, 0.25) is 0 Å². The second kappa shape index (κ2) is 27.1. The Morgan fingerprint density at radius 1 is 0.667 bits per heavy atom. The first-order valence-corrected chi connectivity index (χ1v) is 4.81. The molecule has 0 spiro atoms. The topological polar surface area (TPSA) is 123 Å². The molecule has 1 N–H and O–H groups in total. The van der Waals surface area contributed by atoms with Crippen LogP contribution >= 0.6 is 7.81 Å². The van der Waals surface area contributed by atoms with Gasteiger partial charge in [-0.25, -0.2) is 0 Å². The number of nitrogens with one attached hydrogen (secondary N) is 1. The maximum Gasteiger partial charge on any atom is 0 e. The third-order valence-corrected chi connectivity index (χ3v) is 0. The summed E-state index contributed by atoms with van der Waals surface area (Å²) in [5, 5.41) is 5.96. The van der Waals surface area contributed by atoms with Gasteiger partial charge >= 0.3 is 89.5 Å². The van der Waals surface area contributed by atoms with Gasteiger partial charge in [0.15, 0.2) is 0 Å². The molecule has 0 unspecified atom stereocenters. The molecule has 0 bridgehead atoms. The van der Waals surface area contributed by atoms with E-state index in [-0.39, 0.29) is 17.1 Å². The third kappa shape index (κ3) is 3190. The largest absolute Gasteiger partial charge is 0 e. The van der Waals surface area contributed by atoms with Crippen LogP contribution in [0.3, 0.4) is 0 Å². The van der Waals surface area contributed by atoms with E-state index in [9.17, 15) is 25.2 Å². The number of halogens is 6. The molecule has 121 valence electrons. The fourth-order valence-corrected chi connectivity index (χ4v) is 0. The maximum absolute atomic E-state index is 10.7. The molecule has 0 atom stereocenters. The van der Waals surface area contributed by atoms with Crippen molar-refractivity contribution < 1.29 is 70.8 Å². The summed E-state index contributed by atoms with van der Waals surface area (Å²) in [7, 11) is -10.7. The Kier molecular flexibility index (Phi) is 65.0. The Labute approximate surface area is 125 Å². The first-order chi connectivity index (χ1) is 8.86. The van der Waals surface area contributed by atoms with Crippen molar-refractivity contribution in [1.29, 1.82) is 0 Å². The molecule has 0 aliphatic heterocycles. The van der Waals surface area contributed by atoms with Crippen LogP contribution < -0.4 is 5.26 Å². The van der Waals surface area contributed by atoms with Crippen molar-refractivity contribution in [2.24, 2.45) is 0 Å². The van der Waals surface area contributed by atoms with Gasteiger partial charge in [0.05, 0.1) is 6.92 Å². The molecular formula is C7H4F6MnNO5P. The van der Waals surface area contributed by atoms with Crippen LogP contribution in [0.4, 0.5) is 25.2 Å². The van der Waals surface area contributed by atoms with Gasteiger partial charge in [0.25, 0.3) is 6.07 Å². The Morgan fingerprint density at radius 2 is 0.667 bits per heavy atom. The van der Waals surface area contributed by atoms with Crippen molar-refractivity contribution >= 4 is 7.81 Å². The van der Waals surface area contributed by atoms with E-state index in [1.807, 2.05) is 6.07 Å². The zero-order chi connectivity index (χ0) is 19.1. The number of rotatable bonds is 0. The summed E-state index contributed by atoms with van der Waals surface area (Å²) in [5.41, 5.74) is 0. The van der Waals surface area contributed by atoms with Crippen LogP contribution in [0.5, 0.6) is 0 Å². The minimum absolute atomic E-state index is 0. The molecule has 0 aromatic heterocycles. The van der Waals surface area contributed by atoms with Crippen LogP contribution in [0, 0.1) is 39.3 Å². The van der Waals surface area contributed by atoms with Crippen LogP contribution in [0.1, 0.15) is 6.92 Å². The summed E-state index contributed by atoms with van der Waals surface area (Å²) in [4.78, 5) is 0. The van der Waals surface area contributed by atoms with Crippen molar-refractivity contribution in [2.45, 2.75) is 6.92 Å². The summed E-state index contributed by atoms with van der Waals surface area (Å²) in [6.07, 6.45) is 0. The predicted octanol–water partition coefficient (Wildman–Crippen LogP) is 1.97. The minimum atomic E-state index is -10.7. The summed E-state index contributed by atoms with van der Waals surface area (Å²) in [6.45, 7) is 24.0. The zero-order valence-electron chi connectivity index (χ0n) is 9.63. The van der Waals surface area contributed by atoms with E-state index in [4.69, 9.17) is 28.5 Å². The van der Waals surface area contributed by atoms with Gasteiger partial charge < -0.3 is 0 Å². The summed E-state index contributed by atoms with van der Waals surface area (Å²) in [5.74, 6) is 0. The van der Waals surface area contributed by atoms with Crippen molar-refractivity contribution in [1.82, 2.24) is 0 Å². The van der Waals surface area contributed by atoms with Gasteiger partial charge in [-0.3, -0.25) is 0 Å². The molecule has 21 heavy (non-hydrogen) atoms. The fourth-order valence-electron chi connectivity index (χ4n) is 0. The molecule has 14 heteroatoms. The van der Waals surface area contributed by atoms with E-state index in [1.54, 1.807) is 6.92 Å². The number of hydrogen-bond donors (Lipinski definition) is 1. The van der Waals surface area contributed by atoms with Crippen molar-refractivity contribution in [3.63, 3.8) is 0 Å². The van der Waals surface area contributed by atoms with Gasteiger partial charge in [0.1, 0.15) is 0 Å². The molecule has 0 aromatic rings. The first-order valence-electron chi connectivity index (χ1n) is 2.78. The normalized spacial score (nSPS) is 8.57. The van der Waals surface area contributed by atoms with E-state index in [0.717, 1.165) is 0 Å². The molecule has 0 aromatic carbocycles. The molecule has 0 fully saturated rings. The molecular weight excluding hydrogens is 378 g/mol. The van der Waals surface area contributed by atoms with Gasteiger partial charge in [-0.2, -0.15) is 0 Å². The average molecular weight is 382 g/mol. The Hall–Kier alpha value is -1.28. The quantitative estimate of drug-likeness (QED) is 0.217. The second-order valence-electron chi connectivity index (χ2n) is 1.21. The monoisotopic (exact) mass is 382 g/mol.